The topological polar surface area (TPSA) is 82.6 Å². The molecule has 0 unspecified atom stereocenters. The highest BCUT2D eigenvalue weighted by Crippen LogP contribution is 2.21. The largest absolute Gasteiger partial charge is 0.355 e. The maximum Gasteiger partial charge on any atom is 0.255 e. The number of amides is 1. The molecule has 1 fully saturated rings. The molecule has 1 N–H and O–H groups in total. The van der Waals surface area contributed by atoms with E-state index < -0.39 is 10.0 Å². The smallest absolute Gasteiger partial charge is 0.255 e. The van der Waals surface area contributed by atoms with Gasteiger partial charge in [0.2, 0.25) is 10.0 Å². The van der Waals surface area contributed by atoms with Crippen molar-refractivity contribution < 1.29 is 13.2 Å². The predicted octanol–water partition coefficient (Wildman–Crippen LogP) is 3.54. The lowest BCUT2D eigenvalue weighted by atomic mass is 10.1. The van der Waals surface area contributed by atoms with Crippen molar-refractivity contribution in [1.29, 1.82) is 0 Å². The lowest BCUT2D eigenvalue weighted by molar-refractivity contribution is 0.102. The van der Waals surface area contributed by atoms with E-state index in [9.17, 15) is 13.2 Å². The molecule has 1 amide bonds. The zero-order valence-corrected chi connectivity index (χ0v) is 18.8. The SMILES string of the molecule is Cc1ccc(C(=O)Nc2ccc(N3CCCN(S(=O)(=O)c4ccccc4)CC3)nc2)cc1. The molecule has 0 radical (unpaired) electrons. The maximum absolute atomic E-state index is 12.9. The highest BCUT2D eigenvalue weighted by molar-refractivity contribution is 7.89. The van der Waals surface area contributed by atoms with E-state index in [1.807, 2.05) is 37.3 Å². The zero-order chi connectivity index (χ0) is 22.6. The molecule has 1 aliphatic rings. The van der Waals surface area contributed by atoms with Crippen molar-refractivity contribution in [3.05, 3.63) is 84.1 Å². The first kappa shape index (κ1) is 22.0. The standard InChI is InChI=1S/C24H26N4O3S/c1-19-8-10-20(11-9-19)24(29)26-21-12-13-23(25-18-21)27-14-5-15-28(17-16-27)32(30,31)22-6-3-2-4-7-22/h2-4,6-13,18H,5,14-17H2,1H3,(H,26,29). The van der Waals surface area contributed by atoms with E-state index in [1.54, 1.807) is 46.9 Å². The van der Waals surface area contributed by atoms with Crippen molar-refractivity contribution in [3.8, 4) is 0 Å². The Morgan fingerprint density at radius 1 is 0.906 bits per heavy atom. The number of hydrogen-bond acceptors (Lipinski definition) is 5. The van der Waals surface area contributed by atoms with Crippen LogP contribution in [0, 0.1) is 6.92 Å². The first-order valence-electron chi connectivity index (χ1n) is 10.6. The Bertz CT molecular complexity index is 1160. The molecule has 2 heterocycles. The number of carbonyl (C=O) groups is 1. The number of aromatic nitrogens is 1. The Kier molecular flexibility index (Phi) is 6.53. The van der Waals surface area contributed by atoms with Gasteiger partial charge in [0, 0.05) is 31.7 Å². The van der Waals surface area contributed by atoms with Crippen LogP contribution < -0.4 is 10.2 Å². The van der Waals surface area contributed by atoms with E-state index in [0.717, 1.165) is 11.4 Å². The molecule has 8 heteroatoms. The minimum atomic E-state index is -3.50. The van der Waals surface area contributed by atoms with Gasteiger partial charge in [-0.1, -0.05) is 35.9 Å². The second-order valence-corrected chi connectivity index (χ2v) is 9.72. The first-order valence-corrected chi connectivity index (χ1v) is 12.0. The first-order chi connectivity index (χ1) is 15.4. The molecule has 32 heavy (non-hydrogen) atoms. The number of carbonyl (C=O) groups excluding carboxylic acids is 1. The molecule has 4 rings (SSSR count). The van der Waals surface area contributed by atoms with Crippen LogP contribution in [0.5, 0.6) is 0 Å². The van der Waals surface area contributed by atoms with Crippen LogP contribution in [-0.4, -0.2) is 49.8 Å². The molecule has 1 saturated heterocycles. The fourth-order valence-corrected chi connectivity index (χ4v) is 5.15. The van der Waals surface area contributed by atoms with Crippen LogP contribution in [0.2, 0.25) is 0 Å². The molecule has 7 nitrogen and oxygen atoms in total. The summed E-state index contributed by atoms with van der Waals surface area (Å²) < 4.78 is 27.4. The van der Waals surface area contributed by atoms with Crippen LogP contribution >= 0.6 is 0 Å². The Balaban J connectivity index is 1.39. The van der Waals surface area contributed by atoms with E-state index in [4.69, 9.17) is 0 Å². The molecule has 0 saturated carbocycles. The van der Waals surface area contributed by atoms with Gasteiger partial charge in [-0.05, 0) is 49.7 Å². The number of pyridine rings is 1. The number of rotatable bonds is 5. The minimum absolute atomic E-state index is 0.184. The van der Waals surface area contributed by atoms with Gasteiger partial charge in [-0.3, -0.25) is 4.79 Å². The number of aryl methyl sites for hydroxylation is 1. The third-order valence-corrected chi connectivity index (χ3v) is 7.39. The summed E-state index contributed by atoms with van der Waals surface area (Å²) in [6.07, 6.45) is 2.34. The van der Waals surface area contributed by atoms with Crippen molar-refractivity contribution in [2.24, 2.45) is 0 Å². The molecule has 0 spiro atoms. The summed E-state index contributed by atoms with van der Waals surface area (Å²) in [7, 11) is -3.50. The van der Waals surface area contributed by atoms with Gasteiger partial charge in [0.1, 0.15) is 5.82 Å². The average molecular weight is 451 g/mol. The summed E-state index contributed by atoms with van der Waals surface area (Å²) in [5.41, 5.74) is 2.30. The lowest BCUT2D eigenvalue weighted by Crippen LogP contribution is -2.35. The van der Waals surface area contributed by atoms with Crippen molar-refractivity contribution in [2.45, 2.75) is 18.2 Å². The number of benzene rings is 2. The lowest BCUT2D eigenvalue weighted by Gasteiger charge is -2.23. The Morgan fingerprint density at radius 2 is 1.66 bits per heavy atom. The van der Waals surface area contributed by atoms with Crippen LogP contribution in [0.15, 0.2) is 77.8 Å². The monoisotopic (exact) mass is 450 g/mol. The van der Waals surface area contributed by atoms with E-state index in [1.165, 1.54) is 0 Å². The van der Waals surface area contributed by atoms with Gasteiger partial charge in [-0.25, -0.2) is 13.4 Å². The normalized spacial score (nSPS) is 15.2. The van der Waals surface area contributed by atoms with Crippen LogP contribution in [0.3, 0.4) is 0 Å². The van der Waals surface area contributed by atoms with Gasteiger partial charge in [0.15, 0.2) is 0 Å². The average Bonchev–Trinajstić information content (AvgIpc) is 3.07. The van der Waals surface area contributed by atoms with E-state index >= 15 is 0 Å². The number of sulfonamides is 1. The van der Waals surface area contributed by atoms with E-state index in [0.29, 0.717) is 48.7 Å². The maximum atomic E-state index is 12.9. The van der Waals surface area contributed by atoms with Crippen LogP contribution in [-0.2, 0) is 10.0 Å². The van der Waals surface area contributed by atoms with Gasteiger partial charge in [0.25, 0.3) is 5.91 Å². The molecule has 166 valence electrons. The van der Waals surface area contributed by atoms with Gasteiger partial charge in [0.05, 0.1) is 16.8 Å². The summed E-state index contributed by atoms with van der Waals surface area (Å²) in [6.45, 7) is 4.10. The van der Waals surface area contributed by atoms with Crippen LogP contribution in [0.4, 0.5) is 11.5 Å². The fourth-order valence-electron chi connectivity index (χ4n) is 3.66. The van der Waals surface area contributed by atoms with Gasteiger partial charge in [-0.2, -0.15) is 4.31 Å². The minimum Gasteiger partial charge on any atom is -0.355 e. The highest BCUT2D eigenvalue weighted by atomic mass is 32.2. The molecule has 2 aromatic carbocycles. The summed E-state index contributed by atoms with van der Waals surface area (Å²) in [6, 6.07) is 19.6. The van der Waals surface area contributed by atoms with Crippen molar-refractivity contribution in [1.82, 2.24) is 9.29 Å². The van der Waals surface area contributed by atoms with E-state index in [2.05, 4.69) is 15.2 Å². The van der Waals surface area contributed by atoms with Crippen molar-refractivity contribution in [3.63, 3.8) is 0 Å². The third-order valence-electron chi connectivity index (χ3n) is 5.48. The zero-order valence-electron chi connectivity index (χ0n) is 17.9. The van der Waals surface area contributed by atoms with E-state index in [-0.39, 0.29) is 5.91 Å². The molecular weight excluding hydrogens is 424 g/mol. The Labute approximate surface area is 188 Å². The van der Waals surface area contributed by atoms with Crippen LogP contribution in [0.1, 0.15) is 22.3 Å². The molecule has 0 aliphatic carbocycles. The fraction of sp³-hybridized carbons (Fsp3) is 0.250. The predicted molar refractivity (Wildman–Crippen MR) is 125 cm³/mol. The van der Waals surface area contributed by atoms with Crippen LogP contribution in [0.25, 0.3) is 0 Å². The molecular formula is C24H26N4O3S. The Hall–Kier alpha value is -3.23. The van der Waals surface area contributed by atoms with Crippen molar-refractivity contribution >= 4 is 27.4 Å². The van der Waals surface area contributed by atoms with Crippen molar-refractivity contribution in [2.75, 3.05) is 36.4 Å². The second-order valence-electron chi connectivity index (χ2n) is 7.78. The molecule has 1 aromatic heterocycles. The highest BCUT2D eigenvalue weighted by Gasteiger charge is 2.27. The quantitative estimate of drug-likeness (QED) is 0.643. The second kappa shape index (κ2) is 9.50. The van der Waals surface area contributed by atoms with Gasteiger partial charge < -0.3 is 10.2 Å². The number of hydrogen-bond donors (Lipinski definition) is 1. The molecule has 0 bridgehead atoms. The number of anilines is 2. The molecule has 3 aromatic rings. The summed E-state index contributed by atoms with van der Waals surface area (Å²) in [5.74, 6) is 0.577. The van der Waals surface area contributed by atoms with Gasteiger partial charge >= 0.3 is 0 Å². The third kappa shape index (κ3) is 4.98. The summed E-state index contributed by atoms with van der Waals surface area (Å²) in [5, 5.41) is 2.86. The molecule has 0 atom stereocenters. The summed E-state index contributed by atoms with van der Waals surface area (Å²) >= 11 is 0. The van der Waals surface area contributed by atoms with Gasteiger partial charge in [-0.15, -0.1) is 0 Å². The number of nitrogens with zero attached hydrogens (tertiary/aromatic N) is 3. The Morgan fingerprint density at radius 3 is 2.34 bits per heavy atom. The molecule has 1 aliphatic heterocycles. The number of nitrogens with one attached hydrogen (secondary N) is 1. The summed E-state index contributed by atoms with van der Waals surface area (Å²) in [4.78, 5) is 19.3.